The average molecular weight is 408 g/mol. The van der Waals surface area contributed by atoms with Crippen molar-refractivity contribution in [1.82, 2.24) is 4.90 Å². The van der Waals surface area contributed by atoms with Gasteiger partial charge in [0, 0.05) is 29.7 Å². The zero-order chi connectivity index (χ0) is 19.3. The van der Waals surface area contributed by atoms with Gasteiger partial charge in [0.2, 0.25) is 9.05 Å². The van der Waals surface area contributed by atoms with Gasteiger partial charge >= 0.3 is 6.09 Å². The fourth-order valence-corrected chi connectivity index (χ4v) is 4.91. The molecule has 1 amide bonds. The highest BCUT2D eigenvalue weighted by Gasteiger charge is 2.35. The lowest BCUT2D eigenvalue weighted by molar-refractivity contribution is 0.0785. The number of rotatable bonds is 5. The van der Waals surface area contributed by atoms with Crippen molar-refractivity contribution in [2.75, 3.05) is 18.8 Å². The maximum Gasteiger partial charge on any atom is 0.410 e. The van der Waals surface area contributed by atoms with Crippen LogP contribution in [0.15, 0.2) is 60.7 Å². The van der Waals surface area contributed by atoms with E-state index in [1.54, 1.807) is 4.90 Å². The lowest BCUT2D eigenvalue weighted by Gasteiger charge is -2.38. The van der Waals surface area contributed by atoms with E-state index in [1.165, 1.54) is 0 Å². The Balaban J connectivity index is 1.69. The van der Waals surface area contributed by atoms with Gasteiger partial charge in [0.25, 0.3) is 0 Å². The Morgan fingerprint density at radius 3 is 2.33 bits per heavy atom. The van der Waals surface area contributed by atoms with E-state index in [9.17, 15) is 13.2 Å². The molecule has 2 unspecified atom stereocenters. The lowest BCUT2D eigenvalue weighted by Crippen LogP contribution is -2.44. The van der Waals surface area contributed by atoms with Crippen molar-refractivity contribution < 1.29 is 17.9 Å². The van der Waals surface area contributed by atoms with Crippen LogP contribution in [0.4, 0.5) is 4.79 Å². The highest BCUT2D eigenvalue weighted by atomic mass is 35.7. The van der Waals surface area contributed by atoms with Crippen molar-refractivity contribution in [2.45, 2.75) is 18.9 Å². The maximum absolute atomic E-state index is 12.5. The SMILES string of the molecule is O=C(OCc1ccccc1)N1CCC(CS(=O)(=O)Cl)C(c2ccccc2)C1. The Morgan fingerprint density at radius 2 is 1.70 bits per heavy atom. The normalized spacial score (nSPS) is 20.3. The maximum atomic E-state index is 12.5. The molecule has 2 aromatic carbocycles. The Kier molecular flexibility index (Phi) is 6.39. The summed E-state index contributed by atoms with van der Waals surface area (Å²) in [5.74, 6) is -0.327. The molecule has 0 aliphatic carbocycles. The summed E-state index contributed by atoms with van der Waals surface area (Å²) in [5, 5.41) is 0. The molecule has 0 spiro atoms. The molecule has 2 aromatic rings. The molecule has 0 saturated carbocycles. The monoisotopic (exact) mass is 407 g/mol. The summed E-state index contributed by atoms with van der Waals surface area (Å²) < 4.78 is 28.7. The Labute approximate surface area is 164 Å². The number of ether oxygens (including phenoxy) is 1. The molecular weight excluding hydrogens is 386 g/mol. The fraction of sp³-hybridized carbons (Fsp3) is 0.350. The van der Waals surface area contributed by atoms with Crippen LogP contribution in [0.1, 0.15) is 23.5 Å². The van der Waals surface area contributed by atoms with Gasteiger partial charge in [-0.15, -0.1) is 0 Å². The number of hydrogen-bond acceptors (Lipinski definition) is 4. The number of hydrogen-bond donors (Lipinski definition) is 0. The van der Waals surface area contributed by atoms with Gasteiger partial charge < -0.3 is 9.64 Å². The predicted octanol–water partition coefficient (Wildman–Crippen LogP) is 4.00. The number of carbonyl (C=O) groups excluding carboxylic acids is 1. The van der Waals surface area contributed by atoms with E-state index in [-0.39, 0.29) is 30.3 Å². The van der Waals surface area contributed by atoms with Gasteiger partial charge in [0.1, 0.15) is 6.61 Å². The summed E-state index contributed by atoms with van der Waals surface area (Å²) in [6.45, 7) is 1.08. The predicted molar refractivity (Wildman–Crippen MR) is 105 cm³/mol. The Hall–Kier alpha value is -2.05. The van der Waals surface area contributed by atoms with Gasteiger partial charge in [-0.2, -0.15) is 0 Å². The lowest BCUT2D eigenvalue weighted by atomic mass is 9.82. The molecular formula is C20H22ClNO4S. The molecule has 144 valence electrons. The number of carbonyl (C=O) groups is 1. The standard InChI is InChI=1S/C20H22ClNO4S/c21-27(24,25)15-18-11-12-22(13-19(18)17-9-5-2-6-10-17)20(23)26-14-16-7-3-1-4-8-16/h1-10,18-19H,11-15H2. The first kappa shape index (κ1) is 19.7. The molecule has 1 fully saturated rings. The van der Waals surface area contributed by atoms with E-state index in [0.717, 1.165) is 11.1 Å². The highest BCUT2D eigenvalue weighted by Crippen LogP contribution is 2.34. The highest BCUT2D eigenvalue weighted by molar-refractivity contribution is 8.13. The molecule has 1 heterocycles. The second kappa shape index (κ2) is 8.76. The first-order valence-corrected chi connectivity index (χ1v) is 11.3. The van der Waals surface area contributed by atoms with E-state index in [1.807, 2.05) is 60.7 Å². The van der Waals surface area contributed by atoms with Gasteiger partial charge in [-0.25, -0.2) is 13.2 Å². The van der Waals surface area contributed by atoms with Crippen LogP contribution in [-0.2, 0) is 20.4 Å². The Morgan fingerprint density at radius 1 is 1.07 bits per heavy atom. The number of amides is 1. The van der Waals surface area contributed by atoms with Crippen LogP contribution in [0.5, 0.6) is 0 Å². The smallest absolute Gasteiger partial charge is 0.410 e. The summed E-state index contributed by atoms with van der Waals surface area (Å²) in [5.41, 5.74) is 1.93. The van der Waals surface area contributed by atoms with Crippen molar-refractivity contribution in [2.24, 2.45) is 5.92 Å². The third kappa shape index (κ3) is 5.71. The minimum atomic E-state index is -3.61. The number of halogens is 1. The molecule has 1 saturated heterocycles. The van der Waals surface area contributed by atoms with Gasteiger partial charge in [0.05, 0.1) is 5.75 Å². The quantitative estimate of drug-likeness (QED) is 0.703. The third-order valence-corrected chi connectivity index (χ3v) is 6.06. The number of nitrogens with zero attached hydrogens (tertiary/aromatic N) is 1. The van der Waals surface area contributed by atoms with E-state index in [2.05, 4.69) is 0 Å². The van der Waals surface area contributed by atoms with Crippen molar-refractivity contribution in [1.29, 1.82) is 0 Å². The third-order valence-electron chi connectivity index (χ3n) is 4.86. The molecule has 3 rings (SSSR count). The number of benzene rings is 2. The molecule has 2 atom stereocenters. The molecule has 5 nitrogen and oxygen atoms in total. The minimum absolute atomic E-state index is 0.0962. The molecule has 0 bridgehead atoms. The number of likely N-dealkylation sites (tertiary alicyclic amines) is 1. The first-order valence-electron chi connectivity index (χ1n) is 8.85. The van der Waals surface area contributed by atoms with Crippen molar-refractivity contribution in [3.05, 3.63) is 71.8 Å². The van der Waals surface area contributed by atoms with E-state index in [0.29, 0.717) is 19.5 Å². The van der Waals surface area contributed by atoms with Gasteiger partial charge in [0.15, 0.2) is 0 Å². The van der Waals surface area contributed by atoms with Gasteiger partial charge in [-0.05, 0) is 23.5 Å². The van der Waals surface area contributed by atoms with Gasteiger partial charge in [-0.3, -0.25) is 0 Å². The summed E-state index contributed by atoms with van der Waals surface area (Å²) >= 11 is 0. The first-order chi connectivity index (χ1) is 12.9. The van der Waals surface area contributed by atoms with Crippen LogP contribution in [0.2, 0.25) is 0 Å². The van der Waals surface area contributed by atoms with Crippen LogP contribution >= 0.6 is 10.7 Å². The molecule has 27 heavy (non-hydrogen) atoms. The second-order valence-corrected chi connectivity index (χ2v) is 9.58. The van der Waals surface area contributed by atoms with Crippen molar-refractivity contribution >= 4 is 25.8 Å². The fourth-order valence-electron chi connectivity index (χ4n) is 3.51. The van der Waals surface area contributed by atoms with Crippen LogP contribution in [-0.4, -0.2) is 38.3 Å². The molecule has 1 aliphatic rings. The van der Waals surface area contributed by atoms with Crippen molar-refractivity contribution in [3.63, 3.8) is 0 Å². The second-order valence-electron chi connectivity index (χ2n) is 6.76. The van der Waals surface area contributed by atoms with Crippen LogP contribution < -0.4 is 0 Å². The topological polar surface area (TPSA) is 63.7 Å². The summed E-state index contributed by atoms with van der Waals surface area (Å²) in [6.07, 6.45) is 0.179. The van der Waals surface area contributed by atoms with Crippen LogP contribution in [0.25, 0.3) is 0 Å². The molecule has 1 aliphatic heterocycles. The van der Waals surface area contributed by atoms with Gasteiger partial charge in [-0.1, -0.05) is 60.7 Å². The van der Waals surface area contributed by atoms with E-state index in [4.69, 9.17) is 15.4 Å². The molecule has 0 radical (unpaired) electrons. The van der Waals surface area contributed by atoms with Crippen molar-refractivity contribution in [3.8, 4) is 0 Å². The minimum Gasteiger partial charge on any atom is -0.445 e. The molecule has 0 N–H and O–H groups in total. The van der Waals surface area contributed by atoms with Crippen LogP contribution in [0.3, 0.4) is 0 Å². The number of piperidine rings is 1. The van der Waals surface area contributed by atoms with E-state index >= 15 is 0 Å². The molecule has 0 aromatic heterocycles. The summed E-state index contributed by atoms with van der Waals surface area (Å²) in [6, 6.07) is 19.1. The Bertz CT molecular complexity index is 858. The summed E-state index contributed by atoms with van der Waals surface area (Å²) in [4.78, 5) is 14.2. The van der Waals surface area contributed by atoms with E-state index < -0.39 is 9.05 Å². The zero-order valence-electron chi connectivity index (χ0n) is 14.8. The summed E-state index contributed by atoms with van der Waals surface area (Å²) in [7, 11) is 1.89. The zero-order valence-corrected chi connectivity index (χ0v) is 16.4. The largest absolute Gasteiger partial charge is 0.445 e. The van der Waals surface area contributed by atoms with Crippen LogP contribution in [0, 0.1) is 5.92 Å². The molecule has 7 heteroatoms. The average Bonchev–Trinajstić information content (AvgIpc) is 2.67.